The summed E-state index contributed by atoms with van der Waals surface area (Å²) in [5, 5.41) is 14.8. The summed E-state index contributed by atoms with van der Waals surface area (Å²) >= 11 is 12.3. The highest BCUT2D eigenvalue weighted by molar-refractivity contribution is 7.92. The average molecular weight is 589 g/mol. The molecule has 0 saturated heterocycles. The molecule has 0 saturated carbocycles. The largest absolute Gasteiger partial charge is 0.495 e. The van der Waals surface area contributed by atoms with Gasteiger partial charge >= 0.3 is 0 Å². The van der Waals surface area contributed by atoms with E-state index in [-0.39, 0.29) is 29.0 Å². The third kappa shape index (κ3) is 7.95. The molecule has 2 rings (SSSR count). The molecule has 0 spiro atoms. The van der Waals surface area contributed by atoms with E-state index in [0.29, 0.717) is 21.3 Å². The van der Waals surface area contributed by atoms with Crippen LogP contribution < -0.4 is 14.4 Å². The molecular formula is C24H30Cl2N4O7S. The maximum atomic E-state index is 13.7. The lowest BCUT2D eigenvalue weighted by molar-refractivity contribution is -0.384. The zero-order chi connectivity index (χ0) is 28.8. The third-order valence-corrected chi connectivity index (χ3v) is 7.56. The Hall–Kier alpha value is -3.09. The first kappa shape index (κ1) is 31.1. The second-order valence-corrected chi connectivity index (χ2v) is 11.4. The number of ether oxygens (including phenoxy) is 1. The summed E-state index contributed by atoms with van der Waals surface area (Å²) < 4.78 is 31.5. The highest BCUT2D eigenvalue weighted by atomic mass is 35.5. The second-order valence-electron chi connectivity index (χ2n) is 8.63. The fourth-order valence-corrected chi connectivity index (χ4v) is 4.78. The number of halogens is 2. The van der Waals surface area contributed by atoms with Crippen molar-refractivity contribution in [2.45, 2.75) is 45.8 Å². The van der Waals surface area contributed by atoms with E-state index < -0.39 is 45.0 Å². The first-order valence-corrected chi connectivity index (χ1v) is 14.1. The maximum absolute atomic E-state index is 13.7. The molecule has 0 aliphatic heterocycles. The summed E-state index contributed by atoms with van der Waals surface area (Å²) in [5.74, 6) is -1.19. The Labute approximate surface area is 231 Å². The monoisotopic (exact) mass is 588 g/mol. The number of amides is 2. The number of benzene rings is 2. The molecule has 2 aromatic rings. The summed E-state index contributed by atoms with van der Waals surface area (Å²) in [4.78, 5) is 38.5. The summed E-state index contributed by atoms with van der Waals surface area (Å²) in [5.41, 5.74) is -0.113. The van der Waals surface area contributed by atoms with Gasteiger partial charge in [-0.25, -0.2) is 8.42 Å². The number of sulfonamides is 1. The highest BCUT2D eigenvalue weighted by Gasteiger charge is 2.32. The molecule has 38 heavy (non-hydrogen) atoms. The number of carbonyl (C=O) groups excluding carboxylic acids is 2. The quantitative estimate of drug-likeness (QED) is 0.292. The number of nitro groups is 1. The van der Waals surface area contributed by atoms with E-state index in [1.54, 1.807) is 12.1 Å². The van der Waals surface area contributed by atoms with Gasteiger partial charge in [0.15, 0.2) is 0 Å². The van der Waals surface area contributed by atoms with Crippen molar-refractivity contribution in [1.29, 1.82) is 0 Å². The van der Waals surface area contributed by atoms with E-state index in [1.165, 1.54) is 31.1 Å². The number of nitro benzene ring substituents is 1. The Kier molecular flexibility index (Phi) is 10.7. The van der Waals surface area contributed by atoms with E-state index in [2.05, 4.69) is 5.32 Å². The van der Waals surface area contributed by atoms with Crippen LogP contribution in [-0.4, -0.2) is 62.0 Å². The van der Waals surface area contributed by atoms with Crippen LogP contribution in [0.25, 0.3) is 0 Å². The molecular weight excluding hydrogens is 559 g/mol. The van der Waals surface area contributed by atoms with Crippen LogP contribution in [0.1, 0.15) is 32.8 Å². The molecule has 0 heterocycles. The van der Waals surface area contributed by atoms with Gasteiger partial charge in [-0.2, -0.15) is 0 Å². The predicted molar refractivity (Wildman–Crippen MR) is 146 cm³/mol. The first-order valence-electron chi connectivity index (χ1n) is 11.5. The van der Waals surface area contributed by atoms with Gasteiger partial charge in [0.25, 0.3) is 5.69 Å². The Morgan fingerprint density at radius 1 is 1.16 bits per heavy atom. The number of nitrogens with zero attached hydrogens (tertiary/aromatic N) is 3. The van der Waals surface area contributed by atoms with Crippen molar-refractivity contribution in [1.82, 2.24) is 10.2 Å². The maximum Gasteiger partial charge on any atom is 0.271 e. The van der Waals surface area contributed by atoms with Crippen molar-refractivity contribution < 1.29 is 27.7 Å². The molecule has 0 aliphatic rings. The third-order valence-electron chi connectivity index (χ3n) is 5.85. The zero-order valence-electron chi connectivity index (χ0n) is 21.6. The van der Waals surface area contributed by atoms with Gasteiger partial charge < -0.3 is 15.0 Å². The van der Waals surface area contributed by atoms with Gasteiger partial charge in [-0.3, -0.25) is 24.0 Å². The number of anilines is 1. The van der Waals surface area contributed by atoms with Gasteiger partial charge in [-0.05, 0) is 44.0 Å². The van der Waals surface area contributed by atoms with Crippen molar-refractivity contribution in [3.63, 3.8) is 0 Å². The Morgan fingerprint density at radius 3 is 2.34 bits per heavy atom. The summed E-state index contributed by atoms with van der Waals surface area (Å²) in [6.45, 7) is 4.32. The van der Waals surface area contributed by atoms with Crippen LogP contribution in [0.15, 0.2) is 36.4 Å². The van der Waals surface area contributed by atoms with Crippen LogP contribution in [0, 0.1) is 10.1 Å². The lowest BCUT2D eigenvalue weighted by Crippen LogP contribution is -2.52. The molecule has 2 amide bonds. The molecule has 2 aromatic carbocycles. The molecule has 0 bridgehead atoms. The van der Waals surface area contributed by atoms with Crippen LogP contribution >= 0.6 is 23.2 Å². The number of methoxy groups -OCH3 is 1. The molecule has 208 valence electrons. The van der Waals surface area contributed by atoms with Gasteiger partial charge in [0.2, 0.25) is 21.8 Å². The Morgan fingerprint density at radius 2 is 1.82 bits per heavy atom. The van der Waals surface area contributed by atoms with Gasteiger partial charge in [-0.15, -0.1) is 0 Å². The predicted octanol–water partition coefficient (Wildman–Crippen LogP) is 4.01. The number of carbonyl (C=O) groups is 2. The first-order chi connectivity index (χ1) is 17.7. The van der Waals surface area contributed by atoms with E-state index in [9.17, 15) is 28.1 Å². The molecule has 0 fully saturated rings. The number of hydrogen-bond acceptors (Lipinski definition) is 7. The lowest BCUT2D eigenvalue weighted by Gasteiger charge is -2.32. The van der Waals surface area contributed by atoms with Gasteiger partial charge in [0.05, 0.1) is 18.3 Å². The van der Waals surface area contributed by atoms with E-state index in [1.807, 2.05) is 13.8 Å². The number of rotatable bonds is 12. The van der Waals surface area contributed by atoms with Crippen LogP contribution in [0.3, 0.4) is 0 Å². The SMILES string of the molecule is CC[C@@H](C)NC(=O)[C@H](C)N(Cc1ccc(Cl)cc1Cl)C(=O)CN(c1cc([N+](=O)[O-])ccc1OC)S(C)(=O)=O. The van der Waals surface area contributed by atoms with Crippen LogP contribution in [0.4, 0.5) is 11.4 Å². The van der Waals surface area contributed by atoms with Crippen LogP contribution in [-0.2, 0) is 26.2 Å². The second kappa shape index (κ2) is 13.1. The van der Waals surface area contributed by atoms with Crippen molar-refractivity contribution in [2.75, 3.05) is 24.2 Å². The normalized spacial score (nSPS) is 12.8. The molecule has 0 aromatic heterocycles. The van der Waals surface area contributed by atoms with Crippen molar-refractivity contribution >= 4 is 56.4 Å². The number of nitrogens with one attached hydrogen (secondary N) is 1. The molecule has 0 unspecified atom stereocenters. The smallest absolute Gasteiger partial charge is 0.271 e. The van der Waals surface area contributed by atoms with E-state index in [4.69, 9.17) is 27.9 Å². The molecule has 2 atom stereocenters. The standard InChI is InChI=1S/C24H30Cl2N4O7S/c1-6-15(2)27-24(32)16(3)28(13-17-7-8-18(25)11-20(17)26)23(31)14-29(38(5,35)36)21-12-19(30(33)34)9-10-22(21)37-4/h7-12,15-16H,6,13-14H2,1-5H3,(H,27,32)/t15-,16+/m1/s1. The fraction of sp³-hybridized carbons (Fsp3) is 0.417. The number of hydrogen-bond donors (Lipinski definition) is 1. The van der Waals surface area contributed by atoms with Crippen molar-refractivity contribution in [2.24, 2.45) is 0 Å². The van der Waals surface area contributed by atoms with Crippen molar-refractivity contribution in [3.05, 3.63) is 62.1 Å². The van der Waals surface area contributed by atoms with E-state index >= 15 is 0 Å². The van der Waals surface area contributed by atoms with Gasteiger partial charge in [-0.1, -0.05) is 36.2 Å². The minimum absolute atomic E-state index is 0.00341. The van der Waals surface area contributed by atoms with Crippen LogP contribution in [0.2, 0.25) is 10.0 Å². The van der Waals surface area contributed by atoms with Crippen molar-refractivity contribution in [3.8, 4) is 5.75 Å². The molecule has 14 heteroatoms. The molecule has 1 N–H and O–H groups in total. The highest BCUT2D eigenvalue weighted by Crippen LogP contribution is 2.34. The summed E-state index contributed by atoms with van der Waals surface area (Å²) in [7, 11) is -2.87. The summed E-state index contributed by atoms with van der Waals surface area (Å²) in [6.07, 6.45) is 1.52. The molecule has 0 aliphatic carbocycles. The fourth-order valence-electron chi connectivity index (χ4n) is 3.46. The molecule has 0 radical (unpaired) electrons. The lowest BCUT2D eigenvalue weighted by atomic mass is 10.1. The minimum atomic E-state index is -4.14. The minimum Gasteiger partial charge on any atom is -0.495 e. The zero-order valence-corrected chi connectivity index (χ0v) is 23.9. The van der Waals surface area contributed by atoms with Gasteiger partial charge in [0.1, 0.15) is 24.0 Å². The van der Waals surface area contributed by atoms with Crippen LogP contribution in [0.5, 0.6) is 5.75 Å². The van der Waals surface area contributed by atoms with Gasteiger partial charge in [0, 0.05) is 34.8 Å². The Bertz CT molecular complexity index is 1310. The topological polar surface area (TPSA) is 139 Å². The number of non-ortho nitro benzene ring substituents is 1. The molecule has 11 nitrogen and oxygen atoms in total. The van der Waals surface area contributed by atoms with E-state index in [0.717, 1.165) is 18.4 Å². The summed E-state index contributed by atoms with van der Waals surface area (Å²) in [6, 6.07) is 6.88. The average Bonchev–Trinajstić information content (AvgIpc) is 2.84. The Balaban J connectivity index is 2.55.